The molecular formula is C16H12ClN5O3. The molecule has 126 valence electrons. The standard InChI is InChI=1S/C16H12ClN5O3/c17-12-5-6-15(21-10-18-9-19-21)13(8-12)20-16(23)7-11-3-1-2-4-14(11)22(24)25/h1-6,8-10H,7H2,(H,20,23). The van der Waals surface area contributed by atoms with Gasteiger partial charge in [-0.25, -0.2) is 9.67 Å². The third-order valence-corrected chi connectivity index (χ3v) is 3.67. The molecule has 1 heterocycles. The molecule has 0 aliphatic carbocycles. The van der Waals surface area contributed by atoms with E-state index >= 15 is 0 Å². The van der Waals surface area contributed by atoms with Gasteiger partial charge >= 0.3 is 0 Å². The fourth-order valence-electron chi connectivity index (χ4n) is 2.35. The maximum atomic E-state index is 12.4. The number of benzene rings is 2. The molecule has 0 saturated heterocycles. The largest absolute Gasteiger partial charge is 0.324 e. The van der Waals surface area contributed by atoms with E-state index in [1.807, 2.05) is 0 Å². The molecule has 1 amide bonds. The minimum Gasteiger partial charge on any atom is -0.324 e. The summed E-state index contributed by atoms with van der Waals surface area (Å²) in [7, 11) is 0. The maximum absolute atomic E-state index is 12.4. The Bertz CT molecular complexity index is 927. The van der Waals surface area contributed by atoms with Gasteiger partial charge in [0.05, 0.1) is 22.7 Å². The lowest BCUT2D eigenvalue weighted by Crippen LogP contribution is -2.17. The Morgan fingerprint density at radius 1 is 1.28 bits per heavy atom. The molecule has 0 atom stereocenters. The quantitative estimate of drug-likeness (QED) is 0.558. The molecule has 9 heteroatoms. The van der Waals surface area contributed by atoms with Gasteiger partial charge in [0.15, 0.2) is 0 Å². The molecule has 0 unspecified atom stereocenters. The number of carbonyl (C=O) groups is 1. The van der Waals surface area contributed by atoms with Crippen molar-refractivity contribution in [2.24, 2.45) is 0 Å². The third kappa shape index (κ3) is 3.81. The highest BCUT2D eigenvalue weighted by Crippen LogP contribution is 2.25. The summed E-state index contributed by atoms with van der Waals surface area (Å²) in [5.41, 5.74) is 1.24. The van der Waals surface area contributed by atoms with Crippen LogP contribution in [-0.4, -0.2) is 25.6 Å². The van der Waals surface area contributed by atoms with Gasteiger partial charge in [0.1, 0.15) is 12.7 Å². The third-order valence-electron chi connectivity index (χ3n) is 3.44. The van der Waals surface area contributed by atoms with Crippen molar-refractivity contribution in [1.82, 2.24) is 14.8 Å². The number of nitrogens with one attached hydrogen (secondary N) is 1. The monoisotopic (exact) mass is 357 g/mol. The fraction of sp³-hybridized carbons (Fsp3) is 0.0625. The van der Waals surface area contributed by atoms with Crippen LogP contribution in [0.15, 0.2) is 55.1 Å². The van der Waals surface area contributed by atoms with Crippen LogP contribution in [0.4, 0.5) is 11.4 Å². The Hall–Kier alpha value is -3.26. The Labute approximate surface area is 147 Å². The summed E-state index contributed by atoms with van der Waals surface area (Å²) in [5.74, 6) is -0.405. The number of nitro benzene ring substituents is 1. The van der Waals surface area contributed by atoms with Crippen LogP contribution in [-0.2, 0) is 11.2 Å². The molecular weight excluding hydrogens is 346 g/mol. The van der Waals surface area contributed by atoms with Crippen LogP contribution in [0, 0.1) is 10.1 Å². The van der Waals surface area contributed by atoms with Crippen LogP contribution >= 0.6 is 11.6 Å². The summed E-state index contributed by atoms with van der Waals surface area (Å²) in [5, 5.41) is 18.2. The van der Waals surface area contributed by atoms with Gasteiger partial charge in [-0.15, -0.1) is 0 Å². The number of para-hydroxylation sites is 1. The van der Waals surface area contributed by atoms with Crippen LogP contribution < -0.4 is 5.32 Å². The predicted octanol–water partition coefficient (Wildman–Crippen LogP) is 3.01. The smallest absolute Gasteiger partial charge is 0.273 e. The first-order valence-corrected chi connectivity index (χ1v) is 7.59. The van der Waals surface area contributed by atoms with E-state index in [1.165, 1.54) is 23.4 Å². The van der Waals surface area contributed by atoms with Crippen molar-refractivity contribution in [2.75, 3.05) is 5.32 Å². The molecule has 0 aliphatic rings. The van der Waals surface area contributed by atoms with Crippen molar-refractivity contribution < 1.29 is 9.72 Å². The number of hydrogen-bond donors (Lipinski definition) is 1. The number of carbonyl (C=O) groups excluding carboxylic acids is 1. The number of hydrogen-bond acceptors (Lipinski definition) is 5. The number of aromatic nitrogens is 3. The van der Waals surface area contributed by atoms with E-state index in [-0.39, 0.29) is 12.1 Å². The number of halogens is 1. The first kappa shape index (κ1) is 16.6. The summed E-state index contributed by atoms with van der Waals surface area (Å²) in [6, 6.07) is 11.1. The Morgan fingerprint density at radius 2 is 2.08 bits per heavy atom. The Kier molecular flexibility index (Phi) is 4.71. The fourth-order valence-corrected chi connectivity index (χ4v) is 2.52. The summed E-state index contributed by atoms with van der Waals surface area (Å²) in [6.45, 7) is 0. The molecule has 0 radical (unpaired) electrons. The van der Waals surface area contributed by atoms with Crippen molar-refractivity contribution in [3.8, 4) is 5.69 Å². The zero-order valence-electron chi connectivity index (χ0n) is 12.8. The van der Waals surface area contributed by atoms with Gasteiger partial charge in [0, 0.05) is 16.7 Å². The summed E-state index contributed by atoms with van der Waals surface area (Å²) in [6.07, 6.45) is 2.72. The summed E-state index contributed by atoms with van der Waals surface area (Å²) >= 11 is 6.00. The number of amides is 1. The maximum Gasteiger partial charge on any atom is 0.273 e. The van der Waals surface area contributed by atoms with E-state index in [4.69, 9.17) is 11.6 Å². The van der Waals surface area contributed by atoms with Gasteiger partial charge in [-0.1, -0.05) is 29.8 Å². The average Bonchev–Trinajstić information content (AvgIpc) is 3.09. The lowest BCUT2D eigenvalue weighted by Gasteiger charge is -2.11. The molecule has 8 nitrogen and oxygen atoms in total. The van der Waals surface area contributed by atoms with Crippen molar-refractivity contribution in [2.45, 2.75) is 6.42 Å². The second-order valence-electron chi connectivity index (χ2n) is 5.11. The van der Waals surface area contributed by atoms with Crippen molar-refractivity contribution in [3.63, 3.8) is 0 Å². The van der Waals surface area contributed by atoms with Gasteiger partial charge in [-0.2, -0.15) is 5.10 Å². The number of nitrogens with zero attached hydrogens (tertiary/aromatic N) is 4. The second kappa shape index (κ2) is 7.10. The van der Waals surface area contributed by atoms with Crippen LogP contribution in [0.1, 0.15) is 5.56 Å². The van der Waals surface area contributed by atoms with Crippen molar-refractivity contribution in [3.05, 3.63) is 75.8 Å². The van der Waals surface area contributed by atoms with E-state index in [1.54, 1.807) is 36.4 Å². The summed E-state index contributed by atoms with van der Waals surface area (Å²) < 4.78 is 1.48. The molecule has 0 spiro atoms. The molecule has 0 saturated carbocycles. The van der Waals surface area contributed by atoms with Gasteiger partial charge in [0.25, 0.3) is 5.69 Å². The average molecular weight is 358 g/mol. The van der Waals surface area contributed by atoms with Crippen molar-refractivity contribution in [1.29, 1.82) is 0 Å². The van der Waals surface area contributed by atoms with Gasteiger partial charge in [-0.3, -0.25) is 14.9 Å². The van der Waals surface area contributed by atoms with E-state index in [9.17, 15) is 14.9 Å². The van der Waals surface area contributed by atoms with Gasteiger partial charge < -0.3 is 5.32 Å². The molecule has 0 aliphatic heterocycles. The number of rotatable bonds is 5. The van der Waals surface area contributed by atoms with Crippen molar-refractivity contribution >= 4 is 28.9 Å². The minimum absolute atomic E-state index is 0.0970. The van der Waals surface area contributed by atoms with Crippen LogP contribution in [0.2, 0.25) is 5.02 Å². The molecule has 2 aromatic carbocycles. The molecule has 3 aromatic rings. The molecule has 3 rings (SSSR count). The van der Waals surface area contributed by atoms with Crippen LogP contribution in [0.3, 0.4) is 0 Å². The Balaban J connectivity index is 1.85. The van der Waals surface area contributed by atoms with Gasteiger partial charge in [-0.05, 0) is 18.2 Å². The molecule has 1 N–H and O–H groups in total. The van der Waals surface area contributed by atoms with E-state index in [2.05, 4.69) is 15.4 Å². The highest BCUT2D eigenvalue weighted by atomic mass is 35.5. The molecule has 0 fully saturated rings. The van der Waals surface area contributed by atoms with E-state index < -0.39 is 10.8 Å². The van der Waals surface area contributed by atoms with Crippen LogP contribution in [0.25, 0.3) is 5.69 Å². The number of nitro groups is 1. The molecule has 25 heavy (non-hydrogen) atoms. The predicted molar refractivity (Wildman–Crippen MR) is 91.8 cm³/mol. The molecule has 0 bridgehead atoms. The minimum atomic E-state index is -0.511. The first-order chi connectivity index (χ1) is 12.0. The van der Waals surface area contributed by atoms with Crippen LogP contribution in [0.5, 0.6) is 0 Å². The zero-order chi connectivity index (χ0) is 17.8. The molecule has 1 aromatic heterocycles. The Morgan fingerprint density at radius 3 is 2.80 bits per heavy atom. The first-order valence-electron chi connectivity index (χ1n) is 7.21. The zero-order valence-corrected chi connectivity index (χ0v) is 13.6. The van der Waals surface area contributed by atoms with E-state index in [0.29, 0.717) is 22.0 Å². The highest BCUT2D eigenvalue weighted by molar-refractivity contribution is 6.31. The highest BCUT2D eigenvalue weighted by Gasteiger charge is 2.17. The lowest BCUT2D eigenvalue weighted by molar-refractivity contribution is -0.385. The lowest BCUT2D eigenvalue weighted by atomic mass is 10.1. The topological polar surface area (TPSA) is 103 Å². The number of anilines is 1. The summed E-state index contributed by atoms with van der Waals surface area (Å²) in [4.78, 5) is 26.8. The SMILES string of the molecule is O=C(Cc1ccccc1[N+](=O)[O-])Nc1cc(Cl)ccc1-n1cncn1. The van der Waals surface area contributed by atoms with Gasteiger partial charge in [0.2, 0.25) is 5.91 Å². The second-order valence-corrected chi connectivity index (χ2v) is 5.55. The van der Waals surface area contributed by atoms with E-state index in [0.717, 1.165) is 0 Å². The normalized spacial score (nSPS) is 10.4.